The van der Waals surface area contributed by atoms with Gasteiger partial charge in [-0.1, -0.05) is 20.8 Å². The molecule has 6 nitrogen and oxygen atoms in total. The molecule has 1 N–H and O–H groups in total. The van der Waals surface area contributed by atoms with Crippen LogP contribution in [-0.2, 0) is 4.74 Å². The molecule has 1 unspecified atom stereocenters. The van der Waals surface area contributed by atoms with E-state index in [-0.39, 0.29) is 17.2 Å². The van der Waals surface area contributed by atoms with Crippen LogP contribution in [0.5, 0.6) is 5.75 Å². The maximum atomic E-state index is 12.6. The fraction of sp³-hybridized carbons (Fsp3) is 0.500. The molecule has 7 heteroatoms. The molecule has 2 aromatic rings. The molecule has 0 saturated carbocycles. The number of nitrogens with zero attached hydrogens (tertiary/aromatic N) is 1. The lowest BCUT2D eigenvalue weighted by atomic mass is 9.90. The van der Waals surface area contributed by atoms with Crippen LogP contribution < -0.4 is 4.74 Å². The average Bonchev–Trinajstić information content (AvgIpc) is 2.96. The minimum Gasteiger partial charge on any atom is -0.494 e. The molecule has 0 fully saturated rings. The van der Waals surface area contributed by atoms with E-state index in [4.69, 9.17) is 9.47 Å². The smallest absolute Gasteiger partial charge is 0.416 e. The minimum absolute atomic E-state index is 0.00636. The second-order valence-corrected chi connectivity index (χ2v) is 8.46. The van der Waals surface area contributed by atoms with Crippen LogP contribution in [0.3, 0.4) is 0 Å². The normalized spacial score (nSPS) is 12.8. The van der Waals surface area contributed by atoms with Gasteiger partial charge in [-0.15, -0.1) is 0 Å². The Kier molecular flexibility index (Phi) is 6.81. The molecule has 1 heterocycles. The van der Waals surface area contributed by atoms with Crippen LogP contribution in [0.1, 0.15) is 44.6 Å². The van der Waals surface area contributed by atoms with Crippen LogP contribution >= 0.6 is 11.8 Å². The minimum atomic E-state index is -1.23. The van der Waals surface area contributed by atoms with Gasteiger partial charge < -0.3 is 14.6 Å². The summed E-state index contributed by atoms with van der Waals surface area (Å²) in [5.74, 6) is 1.01. The zero-order valence-corrected chi connectivity index (χ0v) is 17.3. The van der Waals surface area contributed by atoms with Gasteiger partial charge in [0.25, 0.3) is 0 Å². The Labute approximate surface area is 163 Å². The number of thioether (sulfide) groups is 1. The fourth-order valence-electron chi connectivity index (χ4n) is 2.43. The maximum absolute atomic E-state index is 12.6. The largest absolute Gasteiger partial charge is 0.494 e. The number of aromatic nitrogens is 1. The lowest BCUT2D eigenvalue weighted by Gasteiger charge is -2.26. The maximum Gasteiger partial charge on any atom is 0.416 e. The lowest BCUT2D eigenvalue weighted by Crippen LogP contribution is -2.30. The number of carbonyl (C=O) groups is 2. The van der Waals surface area contributed by atoms with Crippen molar-refractivity contribution in [1.82, 2.24) is 4.57 Å². The van der Waals surface area contributed by atoms with Crippen molar-refractivity contribution in [2.75, 3.05) is 18.6 Å². The molecular weight excluding hydrogens is 366 g/mol. The van der Waals surface area contributed by atoms with E-state index in [1.165, 1.54) is 6.07 Å². The number of carboxylic acid groups (broad SMARTS) is 1. The highest BCUT2D eigenvalue weighted by Gasteiger charge is 2.27. The number of hydrogen-bond donors (Lipinski definition) is 1. The van der Waals surface area contributed by atoms with Crippen molar-refractivity contribution in [2.24, 2.45) is 5.41 Å². The first-order valence-corrected chi connectivity index (χ1v) is 10.3. The zero-order valence-electron chi connectivity index (χ0n) is 16.4. The van der Waals surface area contributed by atoms with E-state index in [1.54, 1.807) is 36.9 Å². The van der Waals surface area contributed by atoms with Crippen LogP contribution in [0.2, 0.25) is 0 Å². The van der Waals surface area contributed by atoms with Gasteiger partial charge in [-0.05, 0) is 55.0 Å². The number of fused-ring (bicyclic) bond motifs is 1. The summed E-state index contributed by atoms with van der Waals surface area (Å²) in [7, 11) is 0. The van der Waals surface area contributed by atoms with Crippen molar-refractivity contribution in [3.05, 3.63) is 30.0 Å². The van der Waals surface area contributed by atoms with Crippen molar-refractivity contribution in [3.8, 4) is 5.75 Å². The van der Waals surface area contributed by atoms with E-state index in [1.807, 2.05) is 27.0 Å². The molecule has 1 atom stereocenters. The molecule has 27 heavy (non-hydrogen) atoms. The van der Waals surface area contributed by atoms with Crippen molar-refractivity contribution >= 4 is 34.7 Å². The number of carbonyl (C=O) groups excluding carboxylic acids is 1. The van der Waals surface area contributed by atoms with Crippen LogP contribution in [-0.4, -0.2) is 46.5 Å². The first-order valence-electron chi connectivity index (χ1n) is 8.86. The van der Waals surface area contributed by atoms with Crippen molar-refractivity contribution in [2.45, 2.75) is 40.2 Å². The standard InChI is InChI=1S/C20H27NO5S/c1-13(20(2,3)4)26-18(22)17-12-14-11-15(25-9-6-10-27-5)7-8-16(14)21(17)19(23)24/h7-8,11-13H,6,9-10H2,1-5H3,(H,23,24). The Bertz CT molecular complexity index is 822. The summed E-state index contributed by atoms with van der Waals surface area (Å²) < 4.78 is 12.2. The van der Waals surface area contributed by atoms with Gasteiger partial charge in [0.2, 0.25) is 0 Å². The molecule has 0 aliphatic heterocycles. The molecule has 1 aromatic heterocycles. The van der Waals surface area contributed by atoms with Gasteiger partial charge in [0.05, 0.1) is 12.1 Å². The second kappa shape index (κ2) is 8.69. The average molecular weight is 394 g/mol. The van der Waals surface area contributed by atoms with Crippen molar-refractivity contribution in [1.29, 1.82) is 0 Å². The fourth-order valence-corrected chi connectivity index (χ4v) is 2.84. The van der Waals surface area contributed by atoms with E-state index < -0.39 is 12.1 Å². The van der Waals surface area contributed by atoms with Crippen LogP contribution in [0.15, 0.2) is 24.3 Å². The lowest BCUT2D eigenvalue weighted by molar-refractivity contribution is 0.00382. The van der Waals surface area contributed by atoms with E-state index in [9.17, 15) is 14.7 Å². The van der Waals surface area contributed by atoms with E-state index >= 15 is 0 Å². The molecule has 1 aromatic carbocycles. The Balaban J connectivity index is 2.31. The van der Waals surface area contributed by atoms with Crippen LogP contribution in [0, 0.1) is 5.41 Å². The van der Waals surface area contributed by atoms with E-state index in [2.05, 4.69) is 0 Å². The summed E-state index contributed by atoms with van der Waals surface area (Å²) >= 11 is 1.76. The molecule has 2 rings (SSSR count). The molecular formula is C20H27NO5S. The Morgan fingerprint density at radius 1 is 1.26 bits per heavy atom. The van der Waals surface area contributed by atoms with Gasteiger partial charge in [-0.25, -0.2) is 14.2 Å². The van der Waals surface area contributed by atoms with Gasteiger partial charge in [-0.3, -0.25) is 0 Å². The monoisotopic (exact) mass is 393 g/mol. The van der Waals surface area contributed by atoms with E-state index in [0.29, 0.717) is 23.3 Å². The van der Waals surface area contributed by atoms with Gasteiger partial charge in [0.1, 0.15) is 17.5 Å². The summed E-state index contributed by atoms with van der Waals surface area (Å²) in [5, 5.41) is 10.2. The van der Waals surface area contributed by atoms with Gasteiger partial charge >= 0.3 is 12.1 Å². The summed E-state index contributed by atoms with van der Waals surface area (Å²) in [6, 6.07) is 6.65. The van der Waals surface area contributed by atoms with Gasteiger partial charge in [-0.2, -0.15) is 11.8 Å². The van der Waals surface area contributed by atoms with E-state index in [0.717, 1.165) is 16.7 Å². The van der Waals surface area contributed by atoms with Crippen molar-refractivity contribution in [3.63, 3.8) is 0 Å². The summed E-state index contributed by atoms with van der Waals surface area (Å²) in [4.78, 5) is 24.3. The number of esters is 1. The highest BCUT2D eigenvalue weighted by Crippen LogP contribution is 2.27. The summed E-state index contributed by atoms with van der Waals surface area (Å²) in [5.41, 5.74) is 0.176. The molecule has 0 radical (unpaired) electrons. The van der Waals surface area contributed by atoms with Crippen molar-refractivity contribution < 1.29 is 24.2 Å². The predicted molar refractivity (Wildman–Crippen MR) is 108 cm³/mol. The topological polar surface area (TPSA) is 77.8 Å². The number of benzene rings is 1. The zero-order chi connectivity index (χ0) is 20.2. The highest BCUT2D eigenvalue weighted by atomic mass is 32.2. The molecule has 0 amide bonds. The third-order valence-electron chi connectivity index (χ3n) is 4.44. The van der Waals surface area contributed by atoms with Gasteiger partial charge in [0, 0.05) is 5.39 Å². The number of rotatable bonds is 7. The third kappa shape index (κ3) is 5.19. The quantitative estimate of drug-likeness (QED) is 0.533. The molecule has 0 bridgehead atoms. The molecule has 148 valence electrons. The molecule has 0 aliphatic rings. The second-order valence-electron chi connectivity index (χ2n) is 7.48. The summed E-state index contributed by atoms with van der Waals surface area (Å²) in [6.07, 6.45) is 1.38. The Morgan fingerprint density at radius 3 is 2.56 bits per heavy atom. The van der Waals surface area contributed by atoms with Crippen LogP contribution in [0.4, 0.5) is 4.79 Å². The Hall–Kier alpha value is -2.15. The predicted octanol–water partition coefficient (Wildman–Crippen LogP) is 4.89. The highest BCUT2D eigenvalue weighted by molar-refractivity contribution is 7.98. The first kappa shape index (κ1) is 21.2. The first-order chi connectivity index (χ1) is 12.6. The number of ether oxygens (including phenoxy) is 2. The molecule has 0 aliphatic carbocycles. The molecule has 0 saturated heterocycles. The summed E-state index contributed by atoms with van der Waals surface area (Å²) in [6.45, 7) is 8.26. The van der Waals surface area contributed by atoms with Gasteiger partial charge in [0.15, 0.2) is 0 Å². The van der Waals surface area contributed by atoms with Crippen LogP contribution in [0.25, 0.3) is 10.9 Å². The third-order valence-corrected chi connectivity index (χ3v) is 5.14. The Morgan fingerprint density at radius 2 is 1.96 bits per heavy atom. The number of hydrogen-bond acceptors (Lipinski definition) is 5. The SMILES string of the molecule is CSCCCOc1ccc2c(c1)cc(C(=O)OC(C)C(C)(C)C)n2C(=O)O. The molecule has 0 spiro atoms.